The second-order valence-electron chi connectivity index (χ2n) is 8.71. The number of amides is 1. The first-order valence-corrected chi connectivity index (χ1v) is 12.3. The van der Waals surface area contributed by atoms with Crippen LogP contribution in [0.25, 0.3) is 22.2 Å². The van der Waals surface area contributed by atoms with Gasteiger partial charge < -0.3 is 19.4 Å². The molecular weight excluding hydrogens is 462 g/mol. The number of fused-ring (bicyclic) bond motifs is 1. The van der Waals surface area contributed by atoms with Crippen molar-refractivity contribution < 1.29 is 14.3 Å². The Morgan fingerprint density at radius 2 is 1.49 bits per heavy atom. The van der Waals surface area contributed by atoms with Crippen LogP contribution >= 0.6 is 0 Å². The topological polar surface area (TPSA) is 65.4 Å². The van der Waals surface area contributed by atoms with Gasteiger partial charge >= 0.3 is 0 Å². The number of hydrogen-bond donors (Lipinski definition) is 1. The van der Waals surface area contributed by atoms with E-state index in [2.05, 4.69) is 34.1 Å². The number of ether oxygens (including phenoxy) is 2. The molecule has 1 aromatic heterocycles. The summed E-state index contributed by atoms with van der Waals surface area (Å²) in [4.78, 5) is 17.5. The van der Waals surface area contributed by atoms with E-state index in [9.17, 15) is 4.79 Å². The highest BCUT2D eigenvalue weighted by Gasteiger charge is 2.12. The normalized spacial score (nSPS) is 10.8. The fraction of sp³-hybridized carbons (Fsp3) is 0.161. The number of nitrogens with zero attached hydrogens (tertiary/aromatic N) is 2. The summed E-state index contributed by atoms with van der Waals surface area (Å²) in [7, 11) is 1.64. The van der Waals surface area contributed by atoms with Crippen molar-refractivity contribution in [2.75, 3.05) is 13.7 Å². The molecule has 4 aromatic carbocycles. The van der Waals surface area contributed by atoms with E-state index < -0.39 is 0 Å². The minimum Gasteiger partial charge on any atom is -0.497 e. The van der Waals surface area contributed by atoms with Crippen molar-refractivity contribution in [1.82, 2.24) is 14.9 Å². The van der Waals surface area contributed by atoms with E-state index in [-0.39, 0.29) is 5.91 Å². The third kappa shape index (κ3) is 5.98. The summed E-state index contributed by atoms with van der Waals surface area (Å²) in [5.41, 5.74) is 5.18. The smallest absolute Gasteiger partial charge is 0.224 e. The van der Waals surface area contributed by atoms with Crippen molar-refractivity contribution in [1.29, 1.82) is 0 Å². The zero-order valence-electron chi connectivity index (χ0n) is 20.8. The molecule has 5 rings (SSSR count). The lowest BCUT2D eigenvalue weighted by molar-refractivity contribution is -0.120. The molecule has 0 aliphatic rings. The van der Waals surface area contributed by atoms with Gasteiger partial charge in [0.05, 0.1) is 37.7 Å². The molecule has 0 spiro atoms. The number of nitrogens with one attached hydrogen (secondary N) is 1. The largest absolute Gasteiger partial charge is 0.497 e. The Labute approximate surface area is 216 Å². The van der Waals surface area contributed by atoms with E-state index in [0.29, 0.717) is 26.1 Å². The summed E-state index contributed by atoms with van der Waals surface area (Å²) in [6, 6.07) is 33.8. The van der Waals surface area contributed by atoms with Crippen LogP contribution in [0.15, 0.2) is 103 Å². The van der Waals surface area contributed by atoms with Crippen molar-refractivity contribution in [3.05, 3.63) is 115 Å². The lowest BCUT2D eigenvalue weighted by atomic mass is 10.0. The molecule has 186 valence electrons. The summed E-state index contributed by atoms with van der Waals surface area (Å²) in [5, 5.41) is 3.04. The van der Waals surface area contributed by atoms with Crippen molar-refractivity contribution in [2.24, 2.45) is 0 Å². The van der Waals surface area contributed by atoms with Crippen LogP contribution in [0.5, 0.6) is 11.5 Å². The molecule has 5 aromatic rings. The second-order valence-corrected chi connectivity index (χ2v) is 8.71. The van der Waals surface area contributed by atoms with E-state index in [1.54, 1.807) is 7.11 Å². The predicted molar refractivity (Wildman–Crippen MR) is 146 cm³/mol. The SMILES string of the molecule is COc1ccc(OCCn2c(CNC(=O)Cc3ccc(-c4ccccc4)cc3)nc3ccccc32)cc1. The Bertz CT molecular complexity index is 1460. The fourth-order valence-electron chi connectivity index (χ4n) is 4.31. The Morgan fingerprint density at radius 1 is 0.811 bits per heavy atom. The maximum absolute atomic E-state index is 12.7. The van der Waals surface area contributed by atoms with Gasteiger partial charge in [-0.05, 0) is 53.1 Å². The zero-order valence-corrected chi connectivity index (χ0v) is 20.8. The van der Waals surface area contributed by atoms with Gasteiger partial charge in [0.25, 0.3) is 0 Å². The number of benzene rings is 4. The van der Waals surface area contributed by atoms with Crippen molar-refractivity contribution >= 4 is 16.9 Å². The third-order valence-electron chi connectivity index (χ3n) is 6.25. The van der Waals surface area contributed by atoms with Crippen LogP contribution in [0.1, 0.15) is 11.4 Å². The van der Waals surface area contributed by atoms with Crippen molar-refractivity contribution in [3.8, 4) is 22.6 Å². The molecule has 0 radical (unpaired) electrons. The Kier molecular flexibility index (Phi) is 7.46. The molecule has 6 heteroatoms. The molecule has 0 saturated heterocycles. The lowest BCUT2D eigenvalue weighted by Crippen LogP contribution is -2.26. The van der Waals surface area contributed by atoms with E-state index in [4.69, 9.17) is 14.5 Å². The molecule has 0 unspecified atom stereocenters. The molecule has 6 nitrogen and oxygen atoms in total. The van der Waals surface area contributed by atoms with E-state index in [0.717, 1.165) is 45.0 Å². The maximum atomic E-state index is 12.7. The molecule has 1 N–H and O–H groups in total. The van der Waals surface area contributed by atoms with Gasteiger partial charge in [-0.15, -0.1) is 0 Å². The van der Waals surface area contributed by atoms with Gasteiger partial charge in [-0.3, -0.25) is 4.79 Å². The molecule has 0 bridgehead atoms. The summed E-state index contributed by atoms with van der Waals surface area (Å²) < 4.78 is 13.2. The minimum absolute atomic E-state index is 0.0412. The number of carbonyl (C=O) groups excluding carboxylic acids is 1. The van der Waals surface area contributed by atoms with Crippen molar-refractivity contribution in [3.63, 3.8) is 0 Å². The number of methoxy groups -OCH3 is 1. The van der Waals surface area contributed by atoms with Gasteiger partial charge in [0.1, 0.15) is 23.9 Å². The summed E-state index contributed by atoms with van der Waals surface area (Å²) >= 11 is 0. The van der Waals surface area contributed by atoms with Gasteiger partial charge in [-0.2, -0.15) is 0 Å². The summed E-state index contributed by atoms with van der Waals surface area (Å²) in [6.07, 6.45) is 0.315. The lowest BCUT2D eigenvalue weighted by Gasteiger charge is -2.12. The number of hydrogen-bond acceptors (Lipinski definition) is 4. The quantitative estimate of drug-likeness (QED) is 0.274. The third-order valence-corrected chi connectivity index (χ3v) is 6.25. The van der Waals surface area contributed by atoms with E-state index in [1.165, 1.54) is 0 Å². The number of aromatic nitrogens is 2. The Hall–Kier alpha value is -4.58. The zero-order chi connectivity index (χ0) is 25.5. The van der Waals surface area contributed by atoms with Gasteiger partial charge in [-0.1, -0.05) is 66.7 Å². The molecule has 37 heavy (non-hydrogen) atoms. The highest BCUT2D eigenvalue weighted by atomic mass is 16.5. The average Bonchev–Trinajstić information content (AvgIpc) is 3.30. The standard InChI is InChI=1S/C31H29N3O3/c1-36-26-15-17-27(18-16-26)37-20-19-34-29-10-6-5-9-28(29)33-30(34)22-32-31(35)21-23-11-13-25(14-12-23)24-7-3-2-4-8-24/h2-18H,19-22H2,1H3,(H,32,35). The van der Waals surface area contributed by atoms with E-state index in [1.807, 2.05) is 78.9 Å². The Balaban J connectivity index is 1.21. The molecule has 0 atom stereocenters. The van der Waals surface area contributed by atoms with Crippen LogP contribution in [0.4, 0.5) is 0 Å². The number of carbonyl (C=O) groups is 1. The van der Waals surface area contributed by atoms with Gasteiger partial charge in [0.2, 0.25) is 5.91 Å². The van der Waals surface area contributed by atoms with Gasteiger partial charge in [-0.25, -0.2) is 4.98 Å². The monoisotopic (exact) mass is 491 g/mol. The molecule has 0 fully saturated rings. The number of para-hydroxylation sites is 2. The number of rotatable bonds is 10. The average molecular weight is 492 g/mol. The second kappa shape index (κ2) is 11.4. The molecular formula is C31H29N3O3. The number of imidazole rings is 1. The summed E-state index contributed by atoms with van der Waals surface area (Å²) in [6.45, 7) is 1.43. The van der Waals surface area contributed by atoms with Gasteiger partial charge in [0, 0.05) is 0 Å². The molecule has 0 aliphatic heterocycles. The molecule has 1 heterocycles. The molecule has 1 amide bonds. The van der Waals surface area contributed by atoms with Crippen LogP contribution in [0, 0.1) is 0 Å². The van der Waals surface area contributed by atoms with Crippen molar-refractivity contribution in [2.45, 2.75) is 19.5 Å². The van der Waals surface area contributed by atoms with E-state index >= 15 is 0 Å². The first kappa shape index (κ1) is 24.1. The van der Waals surface area contributed by atoms with Crippen LogP contribution in [-0.2, 0) is 24.3 Å². The van der Waals surface area contributed by atoms with Gasteiger partial charge in [0.15, 0.2) is 0 Å². The minimum atomic E-state index is -0.0412. The molecule has 0 saturated carbocycles. The highest BCUT2D eigenvalue weighted by Crippen LogP contribution is 2.20. The van der Waals surface area contributed by atoms with Crippen LogP contribution < -0.4 is 14.8 Å². The first-order chi connectivity index (χ1) is 18.2. The van der Waals surface area contributed by atoms with Crippen LogP contribution in [0.3, 0.4) is 0 Å². The first-order valence-electron chi connectivity index (χ1n) is 12.3. The van der Waals surface area contributed by atoms with Crippen LogP contribution in [0.2, 0.25) is 0 Å². The summed E-state index contributed by atoms with van der Waals surface area (Å²) in [5.74, 6) is 2.32. The Morgan fingerprint density at radius 3 is 2.24 bits per heavy atom. The predicted octanol–water partition coefficient (Wildman–Crippen LogP) is 5.65. The maximum Gasteiger partial charge on any atom is 0.224 e. The fourth-order valence-corrected chi connectivity index (χ4v) is 4.31. The van der Waals surface area contributed by atoms with Crippen LogP contribution in [-0.4, -0.2) is 29.2 Å². The molecule has 0 aliphatic carbocycles. The highest BCUT2D eigenvalue weighted by molar-refractivity contribution is 5.79.